The first-order valence-electron chi connectivity index (χ1n) is 9.07. The molecule has 6 heteroatoms. The number of nitrogens with zero attached hydrogens (tertiary/aromatic N) is 2. The number of carbonyl (C=O) groups excluding carboxylic acids is 2. The Morgan fingerprint density at radius 2 is 1.72 bits per heavy atom. The second-order valence-electron chi connectivity index (χ2n) is 6.98. The Morgan fingerprint density at radius 1 is 1.04 bits per heavy atom. The molecule has 4 rings (SSSR count). The van der Waals surface area contributed by atoms with E-state index in [9.17, 15) is 9.59 Å². The van der Waals surface area contributed by atoms with Crippen LogP contribution in [0.4, 0.5) is 0 Å². The Kier molecular flexibility index (Phi) is 4.58. The number of imide groups is 1. The zero-order valence-corrected chi connectivity index (χ0v) is 14.4. The molecule has 6 nitrogen and oxygen atoms in total. The topological polar surface area (TPSA) is 59.1 Å². The van der Waals surface area contributed by atoms with Gasteiger partial charge in [-0.15, -0.1) is 0 Å². The van der Waals surface area contributed by atoms with Gasteiger partial charge in [-0.2, -0.15) is 0 Å². The molecule has 1 aromatic carbocycles. The standard InChI is InChI=1S/C19H24N2O4/c22-17-14-16(20-10-7-19(8-11-20)24-12-13-25-19)18(23)21(17)9-6-15-4-2-1-3-5-15/h1-5,16H,6-14H2/t16-/m1/s1. The third-order valence-electron chi connectivity index (χ3n) is 5.50. The van der Waals surface area contributed by atoms with Crippen LogP contribution in [-0.2, 0) is 25.5 Å². The van der Waals surface area contributed by atoms with Crippen LogP contribution in [0.1, 0.15) is 24.8 Å². The van der Waals surface area contributed by atoms with Crippen LogP contribution in [-0.4, -0.2) is 66.3 Å². The van der Waals surface area contributed by atoms with Gasteiger partial charge in [0.25, 0.3) is 0 Å². The highest BCUT2D eigenvalue weighted by Crippen LogP contribution is 2.33. The van der Waals surface area contributed by atoms with Gasteiger partial charge in [0.05, 0.1) is 25.7 Å². The second-order valence-corrected chi connectivity index (χ2v) is 6.98. The molecule has 1 atom stereocenters. The van der Waals surface area contributed by atoms with Crippen molar-refractivity contribution in [3.63, 3.8) is 0 Å². The average molecular weight is 344 g/mol. The fourth-order valence-corrected chi connectivity index (χ4v) is 4.03. The van der Waals surface area contributed by atoms with E-state index in [0.29, 0.717) is 32.6 Å². The molecule has 3 aliphatic heterocycles. The first-order chi connectivity index (χ1) is 12.2. The lowest BCUT2D eigenvalue weighted by atomic mass is 10.0. The highest BCUT2D eigenvalue weighted by Gasteiger charge is 2.46. The number of rotatable bonds is 4. The molecule has 3 fully saturated rings. The van der Waals surface area contributed by atoms with E-state index in [1.165, 1.54) is 4.90 Å². The van der Waals surface area contributed by atoms with Crippen molar-refractivity contribution in [3.8, 4) is 0 Å². The lowest BCUT2D eigenvalue weighted by Crippen LogP contribution is -2.51. The fourth-order valence-electron chi connectivity index (χ4n) is 4.03. The van der Waals surface area contributed by atoms with Gasteiger partial charge in [-0.1, -0.05) is 30.3 Å². The van der Waals surface area contributed by atoms with E-state index in [-0.39, 0.29) is 17.9 Å². The van der Waals surface area contributed by atoms with Crippen LogP contribution >= 0.6 is 0 Å². The zero-order valence-electron chi connectivity index (χ0n) is 14.4. The first kappa shape index (κ1) is 16.7. The summed E-state index contributed by atoms with van der Waals surface area (Å²) in [6.45, 7) is 3.22. The quantitative estimate of drug-likeness (QED) is 0.768. The predicted octanol–water partition coefficient (Wildman–Crippen LogP) is 1.20. The molecule has 3 heterocycles. The Labute approximate surface area is 147 Å². The average Bonchev–Trinajstić information content (AvgIpc) is 3.20. The van der Waals surface area contributed by atoms with Crippen molar-refractivity contribution >= 4 is 11.8 Å². The van der Waals surface area contributed by atoms with Crippen molar-refractivity contribution in [3.05, 3.63) is 35.9 Å². The SMILES string of the molecule is O=C1C[C@@H](N2CCC3(CC2)OCCO3)C(=O)N1CCc1ccccc1. The molecule has 134 valence electrons. The van der Waals surface area contributed by atoms with Crippen LogP contribution in [0.5, 0.6) is 0 Å². The Morgan fingerprint density at radius 3 is 2.40 bits per heavy atom. The maximum absolute atomic E-state index is 12.8. The largest absolute Gasteiger partial charge is 0.347 e. The monoisotopic (exact) mass is 344 g/mol. The lowest BCUT2D eigenvalue weighted by Gasteiger charge is -2.39. The smallest absolute Gasteiger partial charge is 0.247 e. The number of benzene rings is 1. The molecule has 2 amide bonds. The van der Waals surface area contributed by atoms with Crippen LogP contribution < -0.4 is 0 Å². The summed E-state index contributed by atoms with van der Waals surface area (Å²) in [4.78, 5) is 28.6. The minimum Gasteiger partial charge on any atom is -0.347 e. The Bertz CT molecular complexity index is 632. The summed E-state index contributed by atoms with van der Waals surface area (Å²) in [6.07, 6.45) is 2.52. The van der Waals surface area contributed by atoms with Gasteiger partial charge in [-0.3, -0.25) is 19.4 Å². The number of carbonyl (C=O) groups is 2. The van der Waals surface area contributed by atoms with Crippen molar-refractivity contribution in [1.29, 1.82) is 0 Å². The summed E-state index contributed by atoms with van der Waals surface area (Å²) in [6, 6.07) is 9.64. The molecule has 0 aliphatic carbocycles. The first-order valence-corrected chi connectivity index (χ1v) is 9.07. The molecule has 1 aromatic rings. The molecule has 1 spiro atoms. The maximum atomic E-state index is 12.8. The van der Waals surface area contributed by atoms with Crippen LogP contribution in [0.15, 0.2) is 30.3 Å². The molecule has 3 aliphatic rings. The number of hydrogen-bond donors (Lipinski definition) is 0. The van der Waals surface area contributed by atoms with Gasteiger partial charge in [0, 0.05) is 32.5 Å². The van der Waals surface area contributed by atoms with Crippen LogP contribution in [0.2, 0.25) is 0 Å². The zero-order chi connectivity index (χ0) is 17.3. The van der Waals surface area contributed by atoms with Crippen molar-refractivity contribution in [2.45, 2.75) is 37.5 Å². The third kappa shape index (κ3) is 3.34. The van der Waals surface area contributed by atoms with Crippen LogP contribution in [0.25, 0.3) is 0 Å². The van der Waals surface area contributed by atoms with E-state index in [1.807, 2.05) is 30.3 Å². The molecule has 0 saturated carbocycles. The van der Waals surface area contributed by atoms with Crippen LogP contribution in [0.3, 0.4) is 0 Å². The Balaban J connectivity index is 1.35. The molecule has 0 radical (unpaired) electrons. The van der Waals surface area contributed by atoms with Crippen molar-refractivity contribution in [2.24, 2.45) is 0 Å². The predicted molar refractivity (Wildman–Crippen MR) is 90.7 cm³/mol. The van der Waals surface area contributed by atoms with E-state index in [2.05, 4.69) is 4.90 Å². The summed E-state index contributed by atoms with van der Waals surface area (Å²) < 4.78 is 11.5. The molecule has 0 unspecified atom stereocenters. The molecule has 25 heavy (non-hydrogen) atoms. The maximum Gasteiger partial charge on any atom is 0.247 e. The summed E-state index contributed by atoms with van der Waals surface area (Å²) in [7, 11) is 0. The van der Waals surface area contributed by atoms with Gasteiger partial charge in [-0.05, 0) is 12.0 Å². The minimum atomic E-state index is -0.449. The summed E-state index contributed by atoms with van der Waals surface area (Å²) in [5, 5.41) is 0. The number of hydrogen-bond acceptors (Lipinski definition) is 5. The number of ether oxygens (including phenoxy) is 2. The lowest BCUT2D eigenvalue weighted by molar-refractivity contribution is -0.188. The van der Waals surface area contributed by atoms with Gasteiger partial charge in [0.15, 0.2) is 5.79 Å². The normalized spacial score (nSPS) is 26.7. The number of amides is 2. The van der Waals surface area contributed by atoms with Gasteiger partial charge in [-0.25, -0.2) is 0 Å². The molecule has 3 saturated heterocycles. The van der Waals surface area contributed by atoms with Crippen molar-refractivity contribution in [2.75, 3.05) is 32.8 Å². The van der Waals surface area contributed by atoms with Crippen LogP contribution in [0, 0.1) is 0 Å². The molecule has 0 N–H and O–H groups in total. The number of piperidine rings is 1. The Hall–Kier alpha value is -1.76. The van der Waals surface area contributed by atoms with Crippen molar-refractivity contribution < 1.29 is 19.1 Å². The van der Waals surface area contributed by atoms with E-state index < -0.39 is 5.79 Å². The number of likely N-dealkylation sites (tertiary alicyclic amines) is 2. The highest BCUT2D eigenvalue weighted by atomic mass is 16.7. The summed E-state index contributed by atoms with van der Waals surface area (Å²) >= 11 is 0. The van der Waals surface area contributed by atoms with E-state index >= 15 is 0 Å². The molecule has 0 aromatic heterocycles. The molecular weight excluding hydrogens is 320 g/mol. The summed E-state index contributed by atoms with van der Waals surface area (Å²) in [5.41, 5.74) is 1.14. The fraction of sp³-hybridized carbons (Fsp3) is 0.579. The highest BCUT2D eigenvalue weighted by molar-refractivity contribution is 6.05. The van der Waals surface area contributed by atoms with Crippen molar-refractivity contribution in [1.82, 2.24) is 9.80 Å². The van der Waals surface area contributed by atoms with E-state index in [4.69, 9.17) is 9.47 Å². The minimum absolute atomic E-state index is 0.0508. The molecule has 0 bridgehead atoms. The van der Waals surface area contributed by atoms with E-state index in [1.54, 1.807) is 0 Å². The summed E-state index contributed by atoms with van der Waals surface area (Å²) in [5.74, 6) is -0.556. The van der Waals surface area contributed by atoms with Gasteiger partial charge < -0.3 is 9.47 Å². The third-order valence-corrected chi connectivity index (χ3v) is 5.50. The van der Waals surface area contributed by atoms with Gasteiger partial charge in [0.1, 0.15) is 0 Å². The second kappa shape index (κ2) is 6.86. The van der Waals surface area contributed by atoms with Gasteiger partial charge >= 0.3 is 0 Å². The van der Waals surface area contributed by atoms with E-state index in [0.717, 1.165) is 31.5 Å². The molecular formula is C19H24N2O4. The van der Waals surface area contributed by atoms with Gasteiger partial charge in [0.2, 0.25) is 11.8 Å².